The molecule has 0 bridgehead atoms. The van der Waals surface area contributed by atoms with Gasteiger partial charge in [-0.3, -0.25) is 4.79 Å². The first-order chi connectivity index (χ1) is 7.16. The molecule has 0 aliphatic rings. The number of hydrogen-bond acceptors (Lipinski definition) is 3. The maximum Gasteiger partial charge on any atom is 0.238 e. The van der Waals surface area contributed by atoms with E-state index in [9.17, 15) is 17.6 Å². The Labute approximate surface area is 115 Å². The highest BCUT2D eigenvalue weighted by atomic mass is 127. The van der Waals surface area contributed by atoms with E-state index < -0.39 is 23.1 Å². The first-order valence-corrected chi connectivity index (χ1v) is 7.80. The average Bonchev–Trinajstić information content (AvgIpc) is 2.14. The number of rotatable bonds is 3. The SMILES string of the molecule is CS(=O)(=O)C(Br)(I)C(=O)c1cccc(F)c1. The second-order valence-electron chi connectivity index (χ2n) is 3.13. The molecule has 1 unspecified atom stereocenters. The zero-order valence-corrected chi connectivity index (χ0v) is 12.6. The van der Waals surface area contributed by atoms with Crippen LogP contribution in [0, 0.1) is 5.82 Å². The first-order valence-electron chi connectivity index (χ1n) is 4.04. The Hall–Kier alpha value is -0.0200. The van der Waals surface area contributed by atoms with Crippen LogP contribution >= 0.6 is 38.5 Å². The summed E-state index contributed by atoms with van der Waals surface area (Å²) in [6, 6.07) is 4.90. The summed E-state index contributed by atoms with van der Waals surface area (Å²) in [5.41, 5.74) is 0.0108. The third kappa shape index (κ3) is 2.80. The molecule has 88 valence electrons. The Morgan fingerprint density at radius 1 is 1.50 bits per heavy atom. The van der Waals surface area contributed by atoms with Gasteiger partial charge in [0, 0.05) is 11.8 Å². The van der Waals surface area contributed by atoms with E-state index in [1.165, 1.54) is 40.8 Å². The van der Waals surface area contributed by atoms with Gasteiger partial charge in [0.15, 0.2) is 9.84 Å². The monoisotopic (exact) mass is 420 g/mol. The Kier molecular flexibility index (Phi) is 4.12. The van der Waals surface area contributed by atoms with Crippen LogP contribution in [0.25, 0.3) is 0 Å². The molecular formula is C9H7BrFIO3S. The number of carbonyl (C=O) groups excluding carboxylic acids is 1. The quantitative estimate of drug-likeness (QED) is 0.429. The molecule has 0 aliphatic carbocycles. The third-order valence-electron chi connectivity index (χ3n) is 1.82. The minimum atomic E-state index is -3.63. The Balaban J connectivity index is 3.23. The van der Waals surface area contributed by atoms with Gasteiger partial charge < -0.3 is 0 Å². The minimum absolute atomic E-state index is 0.0108. The smallest absolute Gasteiger partial charge is 0.238 e. The highest BCUT2D eigenvalue weighted by molar-refractivity contribution is 14.1. The van der Waals surface area contributed by atoms with Crippen molar-refractivity contribution in [3.63, 3.8) is 0 Å². The molecule has 1 atom stereocenters. The van der Waals surface area contributed by atoms with E-state index in [-0.39, 0.29) is 5.56 Å². The lowest BCUT2D eigenvalue weighted by atomic mass is 10.1. The molecule has 7 heteroatoms. The number of benzene rings is 1. The van der Waals surface area contributed by atoms with Gasteiger partial charge >= 0.3 is 0 Å². The lowest BCUT2D eigenvalue weighted by Gasteiger charge is -2.16. The fraction of sp³-hybridized carbons (Fsp3) is 0.222. The molecule has 0 saturated heterocycles. The number of Topliss-reactive ketones (excluding diaryl/α,β-unsaturated/α-hetero) is 1. The lowest BCUT2D eigenvalue weighted by molar-refractivity contribution is 0.101. The second kappa shape index (κ2) is 4.69. The van der Waals surface area contributed by atoms with Crippen molar-refractivity contribution < 1.29 is 17.6 Å². The molecule has 0 spiro atoms. The molecular weight excluding hydrogens is 414 g/mol. The summed E-state index contributed by atoms with van der Waals surface area (Å²) in [5, 5.41) is 0. The maximum atomic E-state index is 12.9. The van der Waals surface area contributed by atoms with Gasteiger partial charge in [0.25, 0.3) is 0 Å². The van der Waals surface area contributed by atoms with Crippen LogP contribution in [0.5, 0.6) is 0 Å². The molecule has 16 heavy (non-hydrogen) atoms. The van der Waals surface area contributed by atoms with Gasteiger partial charge in [0.05, 0.1) is 0 Å². The van der Waals surface area contributed by atoms with Crippen molar-refractivity contribution in [2.24, 2.45) is 0 Å². The standard InChI is InChI=1S/C9H7BrFIO3S/c1-16(14,15)9(10,12)8(13)6-3-2-4-7(11)5-6/h2-5H,1H3. The van der Waals surface area contributed by atoms with Gasteiger partial charge in [-0.15, -0.1) is 0 Å². The maximum absolute atomic E-state index is 12.9. The molecule has 0 fully saturated rings. The second-order valence-corrected chi connectivity index (χ2v) is 10.8. The van der Waals surface area contributed by atoms with E-state index in [4.69, 9.17) is 0 Å². The molecule has 0 radical (unpaired) electrons. The molecule has 1 rings (SSSR count). The zero-order valence-electron chi connectivity index (χ0n) is 8.08. The summed E-state index contributed by atoms with van der Waals surface area (Å²) in [6.07, 6.45) is 0.936. The molecule has 0 aliphatic heterocycles. The van der Waals surface area contributed by atoms with Crippen LogP contribution in [0.1, 0.15) is 10.4 Å². The summed E-state index contributed by atoms with van der Waals surface area (Å²) in [6.45, 7) is 0. The third-order valence-corrected chi connectivity index (χ3v) is 7.95. The summed E-state index contributed by atoms with van der Waals surface area (Å²) in [4.78, 5) is 11.9. The number of carbonyl (C=O) groups is 1. The highest BCUT2D eigenvalue weighted by Gasteiger charge is 2.43. The molecule has 3 nitrogen and oxygen atoms in total. The highest BCUT2D eigenvalue weighted by Crippen LogP contribution is 2.36. The number of ketones is 1. The van der Waals surface area contributed by atoms with E-state index in [2.05, 4.69) is 15.9 Å². The van der Waals surface area contributed by atoms with Crippen molar-refractivity contribution in [2.45, 2.75) is 1.66 Å². The molecule has 0 heterocycles. The summed E-state index contributed by atoms with van der Waals surface area (Å²) in [5.74, 6) is -1.28. The van der Waals surface area contributed by atoms with E-state index in [0.717, 1.165) is 12.3 Å². The topological polar surface area (TPSA) is 51.2 Å². The number of hydrogen-bond donors (Lipinski definition) is 0. The number of halogens is 3. The van der Waals surface area contributed by atoms with E-state index in [1.807, 2.05) is 0 Å². The van der Waals surface area contributed by atoms with Gasteiger partial charge in [0.2, 0.25) is 7.45 Å². The van der Waals surface area contributed by atoms with Gasteiger partial charge in [0.1, 0.15) is 5.82 Å². The minimum Gasteiger partial charge on any atom is -0.290 e. The van der Waals surface area contributed by atoms with Crippen molar-refractivity contribution in [1.82, 2.24) is 0 Å². The lowest BCUT2D eigenvalue weighted by Crippen LogP contribution is -2.33. The number of sulfone groups is 1. The van der Waals surface area contributed by atoms with Crippen molar-refractivity contribution in [3.05, 3.63) is 35.6 Å². The zero-order chi connectivity index (χ0) is 12.6. The van der Waals surface area contributed by atoms with Gasteiger partial charge in [-0.1, -0.05) is 12.1 Å². The molecule has 1 aromatic rings. The normalized spacial score (nSPS) is 15.5. The van der Waals surface area contributed by atoms with Gasteiger partial charge in [-0.25, -0.2) is 12.8 Å². The molecule has 0 aromatic heterocycles. The van der Waals surface area contributed by atoms with Crippen LogP contribution in [-0.2, 0) is 9.84 Å². The molecule has 1 aromatic carbocycles. The summed E-state index contributed by atoms with van der Waals surface area (Å²) in [7, 11) is -3.63. The van der Waals surface area contributed by atoms with Gasteiger partial charge in [-0.2, -0.15) is 0 Å². The van der Waals surface area contributed by atoms with Crippen molar-refractivity contribution >= 4 is 54.1 Å². The van der Waals surface area contributed by atoms with Crippen LogP contribution in [0.3, 0.4) is 0 Å². The largest absolute Gasteiger partial charge is 0.290 e. The fourth-order valence-electron chi connectivity index (χ4n) is 0.966. The molecule has 0 amide bonds. The predicted octanol–water partition coefficient (Wildman–Crippen LogP) is 2.54. The van der Waals surface area contributed by atoms with E-state index in [1.54, 1.807) is 0 Å². The summed E-state index contributed by atoms with van der Waals surface area (Å²) >= 11 is 4.34. The average molecular weight is 421 g/mol. The number of alkyl halides is 2. The van der Waals surface area contributed by atoms with Crippen molar-refractivity contribution in [3.8, 4) is 0 Å². The van der Waals surface area contributed by atoms with E-state index >= 15 is 0 Å². The fourth-order valence-corrected chi connectivity index (χ4v) is 1.96. The first kappa shape index (κ1) is 14.0. The molecule has 0 saturated carbocycles. The predicted molar refractivity (Wildman–Crippen MR) is 71.3 cm³/mol. The van der Waals surface area contributed by atoms with Crippen molar-refractivity contribution in [1.29, 1.82) is 0 Å². The van der Waals surface area contributed by atoms with Crippen LogP contribution in [0.2, 0.25) is 0 Å². The van der Waals surface area contributed by atoms with Crippen LogP contribution in [-0.4, -0.2) is 22.1 Å². The van der Waals surface area contributed by atoms with Gasteiger partial charge in [-0.05, 0) is 50.7 Å². The Morgan fingerprint density at radius 2 is 2.06 bits per heavy atom. The summed E-state index contributed by atoms with van der Waals surface area (Å²) < 4.78 is 33.9. The van der Waals surface area contributed by atoms with Crippen LogP contribution in [0.4, 0.5) is 4.39 Å². The van der Waals surface area contributed by atoms with E-state index in [0.29, 0.717) is 0 Å². The Morgan fingerprint density at radius 3 is 2.50 bits per heavy atom. The van der Waals surface area contributed by atoms with Crippen LogP contribution < -0.4 is 0 Å². The molecule has 0 N–H and O–H groups in total. The van der Waals surface area contributed by atoms with Crippen LogP contribution in [0.15, 0.2) is 24.3 Å². The Bertz CT molecular complexity index is 527. The van der Waals surface area contributed by atoms with Crippen molar-refractivity contribution in [2.75, 3.05) is 6.26 Å².